The molecule has 48 valence electrons. The van der Waals surface area contributed by atoms with E-state index >= 15 is 0 Å². The van der Waals surface area contributed by atoms with Gasteiger partial charge in [-0.15, -0.1) is 6.58 Å². The summed E-state index contributed by atoms with van der Waals surface area (Å²) in [5.74, 6) is 0. The van der Waals surface area contributed by atoms with Crippen LogP contribution in [0.4, 0.5) is 0 Å². The number of methoxy groups -OCH3 is 1. The van der Waals surface area contributed by atoms with Gasteiger partial charge < -0.3 is 4.74 Å². The Hall–Kier alpha value is -0.300. The molecule has 0 atom stereocenters. The average Bonchev–Trinajstić information content (AvgIpc) is 1.81. The van der Waals surface area contributed by atoms with Gasteiger partial charge in [0.25, 0.3) is 0 Å². The Morgan fingerprint density at radius 1 is 1.50 bits per heavy atom. The fourth-order valence-electron chi connectivity index (χ4n) is 0.535. The fraction of sp³-hybridized carbons (Fsp3) is 0.714. The van der Waals surface area contributed by atoms with Gasteiger partial charge in [-0.25, -0.2) is 0 Å². The van der Waals surface area contributed by atoms with Gasteiger partial charge in [-0.1, -0.05) is 6.08 Å². The predicted molar refractivity (Wildman–Crippen MR) is 35.9 cm³/mol. The lowest BCUT2D eigenvalue weighted by atomic mass is 10.2. The van der Waals surface area contributed by atoms with Crippen molar-refractivity contribution in [3.05, 3.63) is 12.7 Å². The van der Waals surface area contributed by atoms with Crippen LogP contribution in [0.2, 0.25) is 0 Å². The molecule has 0 aromatic carbocycles. The van der Waals surface area contributed by atoms with Gasteiger partial charge >= 0.3 is 0 Å². The van der Waals surface area contributed by atoms with Gasteiger partial charge in [0, 0.05) is 13.7 Å². The molecule has 0 bridgehead atoms. The minimum absolute atomic E-state index is 0.883. The molecule has 0 spiro atoms. The zero-order valence-corrected chi connectivity index (χ0v) is 5.52. The number of hydrogen-bond donors (Lipinski definition) is 0. The lowest BCUT2D eigenvalue weighted by molar-refractivity contribution is 0.193. The molecule has 1 nitrogen and oxygen atoms in total. The van der Waals surface area contributed by atoms with Gasteiger partial charge in [0.1, 0.15) is 0 Å². The largest absolute Gasteiger partial charge is 0.385 e. The van der Waals surface area contributed by atoms with Gasteiger partial charge in [0.05, 0.1) is 0 Å². The van der Waals surface area contributed by atoms with E-state index in [0.29, 0.717) is 0 Å². The topological polar surface area (TPSA) is 9.23 Å². The predicted octanol–water partition coefficient (Wildman–Crippen LogP) is 1.99. The molecule has 8 heavy (non-hydrogen) atoms. The van der Waals surface area contributed by atoms with E-state index in [1.165, 1.54) is 6.42 Å². The Bertz CT molecular complexity index is 50.3. The summed E-state index contributed by atoms with van der Waals surface area (Å²) in [6.45, 7) is 4.50. The normalized spacial score (nSPS) is 9.12. The third-order valence-electron chi connectivity index (χ3n) is 1.01. The van der Waals surface area contributed by atoms with Gasteiger partial charge in [0.2, 0.25) is 0 Å². The van der Waals surface area contributed by atoms with Crippen LogP contribution in [-0.2, 0) is 4.74 Å². The second-order valence-corrected chi connectivity index (χ2v) is 1.78. The van der Waals surface area contributed by atoms with Crippen molar-refractivity contribution in [3.8, 4) is 0 Å². The molecule has 0 rings (SSSR count). The van der Waals surface area contributed by atoms with E-state index in [4.69, 9.17) is 4.74 Å². The first kappa shape index (κ1) is 7.70. The van der Waals surface area contributed by atoms with Crippen molar-refractivity contribution < 1.29 is 4.74 Å². The number of rotatable bonds is 5. The van der Waals surface area contributed by atoms with Crippen molar-refractivity contribution >= 4 is 0 Å². The molecule has 0 aliphatic heterocycles. The van der Waals surface area contributed by atoms with Crippen LogP contribution in [0, 0.1) is 0 Å². The summed E-state index contributed by atoms with van der Waals surface area (Å²) in [5.41, 5.74) is 0. The Morgan fingerprint density at radius 2 is 2.25 bits per heavy atom. The van der Waals surface area contributed by atoms with Crippen LogP contribution in [0.3, 0.4) is 0 Å². The molecule has 0 saturated carbocycles. The van der Waals surface area contributed by atoms with E-state index in [2.05, 4.69) is 6.58 Å². The van der Waals surface area contributed by atoms with Crippen molar-refractivity contribution in [2.75, 3.05) is 13.7 Å². The minimum atomic E-state index is 0.883. The van der Waals surface area contributed by atoms with Crippen LogP contribution in [0.1, 0.15) is 19.3 Å². The average molecular weight is 114 g/mol. The quantitative estimate of drug-likeness (QED) is 0.392. The van der Waals surface area contributed by atoms with Gasteiger partial charge in [-0.3, -0.25) is 0 Å². The molecule has 0 unspecified atom stereocenters. The molecule has 0 aromatic rings. The third kappa shape index (κ3) is 5.70. The molecule has 0 heterocycles. The first-order valence-electron chi connectivity index (χ1n) is 3.01. The highest BCUT2D eigenvalue weighted by molar-refractivity contribution is 4.64. The Labute approximate surface area is 51.4 Å². The number of ether oxygens (including phenoxy) is 1. The number of hydrogen-bond acceptors (Lipinski definition) is 1. The molecule has 0 fully saturated rings. The Balaban J connectivity index is 2.62. The van der Waals surface area contributed by atoms with Gasteiger partial charge in [-0.05, 0) is 19.3 Å². The highest BCUT2D eigenvalue weighted by Crippen LogP contribution is 1.94. The first-order valence-corrected chi connectivity index (χ1v) is 3.01. The highest BCUT2D eigenvalue weighted by atomic mass is 16.5. The second-order valence-electron chi connectivity index (χ2n) is 1.78. The summed E-state index contributed by atoms with van der Waals surface area (Å²) < 4.78 is 4.85. The molecule has 0 N–H and O–H groups in total. The lowest BCUT2D eigenvalue weighted by Gasteiger charge is -1.93. The van der Waals surface area contributed by atoms with Gasteiger partial charge in [-0.2, -0.15) is 0 Å². The Morgan fingerprint density at radius 3 is 2.75 bits per heavy atom. The molecule has 0 amide bonds. The summed E-state index contributed by atoms with van der Waals surface area (Å²) >= 11 is 0. The molecular weight excluding hydrogens is 100 g/mol. The Kier molecular flexibility index (Phi) is 6.45. The van der Waals surface area contributed by atoms with E-state index in [-0.39, 0.29) is 0 Å². The molecular formula is C7H14O. The van der Waals surface area contributed by atoms with E-state index in [0.717, 1.165) is 19.4 Å². The van der Waals surface area contributed by atoms with Crippen LogP contribution >= 0.6 is 0 Å². The van der Waals surface area contributed by atoms with Crippen LogP contribution in [-0.4, -0.2) is 13.7 Å². The second kappa shape index (κ2) is 6.70. The van der Waals surface area contributed by atoms with Crippen molar-refractivity contribution in [3.63, 3.8) is 0 Å². The van der Waals surface area contributed by atoms with Crippen LogP contribution < -0.4 is 0 Å². The lowest BCUT2D eigenvalue weighted by Crippen LogP contribution is -1.86. The van der Waals surface area contributed by atoms with Crippen LogP contribution in [0.25, 0.3) is 0 Å². The summed E-state index contributed by atoms with van der Waals surface area (Å²) in [6, 6.07) is 0. The maximum absolute atomic E-state index is 4.85. The van der Waals surface area contributed by atoms with Crippen LogP contribution in [0.15, 0.2) is 12.7 Å². The van der Waals surface area contributed by atoms with Gasteiger partial charge in [0.15, 0.2) is 0 Å². The minimum Gasteiger partial charge on any atom is -0.385 e. The molecule has 0 aromatic heterocycles. The zero-order chi connectivity index (χ0) is 6.24. The summed E-state index contributed by atoms with van der Waals surface area (Å²) in [6.07, 6.45) is 5.42. The molecule has 1 heteroatoms. The molecule has 0 saturated heterocycles. The van der Waals surface area contributed by atoms with E-state index in [9.17, 15) is 0 Å². The van der Waals surface area contributed by atoms with Crippen LogP contribution in [0.5, 0.6) is 0 Å². The first-order chi connectivity index (χ1) is 3.91. The van der Waals surface area contributed by atoms with Crippen molar-refractivity contribution in [2.45, 2.75) is 19.3 Å². The smallest absolute Gasteiger partial charge is 0.0462 e. The fourth-order valence-corrected chi connectivity index (χ4v) is 0.535. The summed E-state index contributed by atoms with van der Waals surface area (Å²) in [7, 11) is 1.73. The monoisotopic (exact) mass is 114 g/mol. The van der Waals surface area contributed by atoms with E-state index in [1.54, 1.807) is 7.11 Å². The molecule has 0 aliphatic rings. The zero-order valence-electron chi connectivity index (χ0n) is 5.52. The van der Waals surface area contributed by atoms with Crippen molar-refractivity contribution in [1.29, 1.82) is 0 Å². The highest BCUT2D eigenvalue weighted by Gasteiger charge is 1.81. The summed E-state index contributed by atoms with van der Waals surface area (Å²) in [4.78, 5) is 0. The van der Waals surface area contributed by atoms with E-state index < -0.39 is 0 Å². The SMILES string of the molecule is C=CCCCCOC. The maximum Gasteiger partial charge on any atom is 0.0462 e. The van der Waals surface area contributed by atoms with E-state index in [1.807, 2.05) is 6.08 Å². The van der Waals surface area contributed by atoms with Crippen molar-refractivity contribution in [1.82, 2.24) is 0 Å². The number of allylic oxidation sites excluding steroid dienone is 1. The van der Waals surface area contributed by atoms with Crippen molar-refractivity contribution in [2.24, 2.45) is 0 Å². The molecule has 0 aliphatic carbocycles. The number of unbranched alkanes of at least 4 members (excludes halogenated alkanes) is 2. The summed E-state index contributed by atoms with van der Waals surface area (Å²) in [5, 5.41) is 0. The third-order valence-corrected chi connectivity index (χ3v) is 1.01. The maximum atomic E-state index is 4.85. The molecule has 0 radical (unpaired) electrons. The standard InChI is InChI=1S/C7H14O/c1-3-4-5-6-7-8-2/h3H,1,4-7H2,2H3.